The van der Waals surface area contributed by atoms with Crippen molar-refractivity contribution in [1.82, 2.24) is 5.32 Å². The molecule has 1 amide bonds. The maximum Gasteiger partial charge on any atom is 0.222 e. The predicted molar refractivity (Wildman–Crippen MR) is 116 cm³/mol. The van der Waals surface area contributed by atoms with Crippen molar-refractivity contribution in [3.63, 3.8) is 0 Å². The van der Waals surface area contributed by atoms with Crippen molar-refractivity contribution in [2.24, 2.45) is 11.8 Å². The standard InChI is InChI=1S/C22H43NO9/c1-5-13(4)8-14(25)9-18(27)23-15(16(26)7-6-12(2)3)11-31-22-21(30)20(29)19(28)17(10-24)32-22/h12-17,19-22,24-26,28-30H,5-11H2,1-4H3,(H,23,27)/t13-,14+,15-,16+,17?,19-,20-,21?,22-/m0/s1. The van der Waals surface area contributed by atoms with E-state index in [0.29, 0.717) is 25.2 Å². The summed E-state index contributed by atoms with van der Waals surface area (Å²) in [5.74, 6) is 0.177. The summed E-state index contributed by atoms with van der Waals surface area (Å²) in [6.07, 6.45) is -6.51. The fourth-order valence-corrected chi connectivity index (χ4v) is 3.55. The Labute approximate surface area is 190 Å². The molecule has 1 saturated heterocycles. The molecule has 0 saturated carbocycles. The molecule has 0 radical (unpaired) electrons. The number of aliphatic hydroxyl groups is 6. The summed E-state index contributed by atoms with van der Waals surface area (Å²) >= 11 is 0. The second-order valence-corrected chi connectivity index (χ2v) is 9.35. The molecular formula is C22H43NO9. The van der Waals surface area contributed by atoms with Crippen LogP contribution >= 0.6 is 0 Å². The average Bonchev–Trinajstić information content (AvgIpc) is 2.73. The molecule has 1 aliphatic rings. The van der Waals surface area contributed by atoms with Gasteiger partial charge in [0, 0.05) is 0 Å². The van der Waals surface area contributed by atoms with E-state index in [1.165, 1.54) is 0 Å². The van der Waals surface area contributed by atoms with Crippen LogP contribution in [0.25, 0.3) is 0 Å². The first-order chi connectivity index (χ1) is 15.0. The molecule has 1 rings (SSSR count). The topological polar surface area (TPSA) is 169 Å². The van der Waals surface area contributed by atoms with Gasteiger partial charge < -0.3 is 45.4 Å². The molecule has 2 unspecified atom stereocenters. The zero-order valence-electron chi connectivity index (χ0n) is 19.6. The van der Waals surface area contributed by atoms with Gasteiger partial charge in [0.15, 0.2) is 6.29 Å². The van der Waals surface area contributed by atoms with Gasteiger partial charge in [0.05, 0.1) is 37.9 Å². The first kappa shape index (κ1) is 29.2. The van der Waals surface area contributed by atoms with Crippen molar-refractivity contribution in [2.45, 2.75) is 109 Å². The van der Waals surface area contributed by atoms with Gasteiger partial charge in [-0.1, -0.05) is 34.1 Å². The summed E-state index contributed by atoms with van der Waals surface area (Å²) in [5, 5.41) is 62.7. The van der Waals surface area contributed by atoms with E-state index < -0.39 is 61.5 Å². The normalized spacial score (nSPS) is 30.0. The molecule has 1 fully saturated rings. The number of nitrogens with one attached hydrogen (secondary N) is 1. The second kappa shape index (κ2) is 14.4. The largest absolute Gasteiger partial charge is 0.394 e. The lowest BCUT2D eigenvalue weighted by molar-refractivity contribution is -0.302. The summed E-state index contributed by atoms with van der Waals surface area (Å²) in [7, 11) is 0. The molecule has 9 atom stereocenters. The van der Waals surface area contributed by atoms with Crippen molar-refractivity contribution in [3.8, 4) is 0 Å². The van der Waals surface area contributed by atoms with Gasteiger partial charge in [-0.25, -0.2) is 0 Å². The van der Waals surface area contributed by atoms with Crippen LogP contribution in [0.1, 0.15) is 59.8 Å². The number of hydrogen-bond donors (Lipinski definition) is 7. The van der Waals surface area contributed by atoms with Crippen LogP contribution in [0.3, 0.4) is 0 Å². The zero-order chi connectivity index (χ0) is 24.4. The minimum Gasteiger partial charge on any atom is -0.394 e. The summed E-state index contributed by atoms with van der Waals surface area (Å²) in [6.45, 7) is 7.19. The Morgan fingerprint density at radius 2 is 1.72 bits per heavy atom. The Morgan fingerprint density at radius 3 is 2.28 bits per heavy atom. The number of hydrogen-bond acceptors (Lipinski definition) is 9. The van der Waals surface area contributed by atoms with Gasteiger partial charge in [-0.2, -0.15) is 0 Å². The first-order valence-corrected chi connectivity index (χ1v) is 11.6. The minimum atomic E-state index is -1.58. The van der Waals surface area contributed by atoms with E-state index in [0.717, 1.165) is 6.42 Å². The van der Waals surface area contributed by atoms with Gasteiger partial charge in [-0.05, 0) is 31.1 Å². The molecule has 1 aliphatic heterocycles. The lowest BCUT2D eigenvalue weighted by atomic mass is 9.98. The molecule has 0 aromatic carbocycles. The third-order valence-corrected chi connectivity index (χ3v) is 5.93. The highest BCUT2D eigenvalue weighted by atomic mass is 16.7. The van der Waals surface area contributed by atoms with E-state index in [2.05, 4.69) is 5.32 Å². The van der Waals surface area contributed by atoms with Crippen LogP contribution in [0.15, 0.2) is 0 Å². The van der Waals surface area contributed by atoms with Crippen molar-refractivity contribution < 1.29 is 44.9 Å². The van der Waals surface area contributed by atoms with Crippen molar-refractivity contribution in [2.75, 3.05) is 13.2 Å². The van der Waals surface area contributed by atoms with E-state index in [9.17, 15) is 35.4 Å². The average molecular weight is 466 g/mol. The van der Waals surface area contributed by atoms with Gasteiger partial charge in [0.1, 0.15) is 24.4 Å². The van der Waals surface area contributed by atoms with Gasteiger partial charge in [0.2, 0.25) is 5.91 Å². The molecule has 0 aromatic rings. The number of amides is 1. The molecule has 0 aromatic heterocycles. The maximum atomic E-state index is 12.5. The van der Waals surface area contributed by atoms with Crippen LogP contribution in [0.4, 0.5) is 0 Å². The quantitative estimate of drug-likeness (QED) is 0.175. The fraction of sp³-hybridized carbons (Fsp3) is 0.955. The summed E-state index contributed by atoms with van der Waals surface area (Å²) in [4.78, 5) is 12.5. The number of ether oxygens (including phenoxy) is 2. The zero-order valence-corrected chi connectivity index (χ0v) is 19.6. The van der Waals surface area contributed by atoms with Crippen LogP contribution in [0.2, 0.25) is 0 Å². The van der Waals surface area contributed by atoms with Gasteiger partial charge in [-0.3, -0.25) is 4.79 Å². The number of carbonyl (C=O) groups is 1. The Bertz CT molecular complexity index is 534. The molecule has 190 valence electrons. The highest BCUT2D eigenvalue weighted by molar-refractivity contribution is 5.76. The molecule has 10 heteroatoms. The molecule has 1 heterocycles. The monoisotopic (exact) mass is 465 g/mol. The Balaban J connectivity index is 2.75. The third kappa shape index (κ3) is 9.56. The highest BCUT2D eigenvalue weighted by Gasteiger charge is 2.44. The Morgan fingerprint density at radius 1 is 1.06 bits per heavy atom. The van der Waals surface area contributed by atoms with Crippen LogP contribution in [0.5, 0.6) is 0 Å². The Hall–Kier alpha value is -0.850. The lowest BCUT2D eigenvalue weighted by Gasteiger charge is -2.40. The Kier molecular flexibility index (Phi) is 13.2. The SMILES string of the molecule is CC[C@H](C)C[C@@H](O)CC(=O)N[C@@H](CO[C@H]1OC(CO)[C@H](O)[C@H](O)C1O)[C@H](O)CCC(C)C. The van der Waals surface area contributed by atoms with E-state index in [1.54, 1.807) is 0 Å². The molecule has 0 aliphatic carbocycles. The number of rotatable bonds is 14. The summed E-state index contributed by atoms with van der Waals surface area (Å²) < 4.78 is 10.9. The van der Waals surface area contributed by atoms with Crippen molar-refractivity contribution in [1.29, 1.82) is 0 Å². The first-order valence-electron chi connectivity index (χ1n) is 11.6. The van der Waals surface area contributed by atoms with Crippen LogP contribution in [0, 0.1) is 11.8 Å². The smallest absolute Gasteiger partial charge is 0.222 e. The molecule has 0 bridgehead atoms. The van der Waals surface area contributed by atoms with E-state index in [1.807, 2.05) is 27.7 Å². The molecule has 0 spiro atoms. The van der Waals surface area contributed by atoms with E-state index in [-0.39, 0.29) is 18.9 Å². The van der Waals surface area contributed by atoms with Crippen molar-refractivity contribution >= 4 is 5.91 Å². The lowest BCUT2D eigenvalue weighted by Crippen LogP contribution is -2.60. The van der Waals surface area contributed by atoms with Gasteiger partial charge >= 0.3 is 0 Å². The van der Waals surface area contributed by atoms with Gasteiger partial charge in [0.25, 0.3) is 0 Å². The molecule has 10 nitrogen and oxygen atoms in total. The number of aliphatic hydroxyl groups excluding tert-OH is 6. The predicted octanol–water partition coefficient (Wildman–Crippen LogP) is -0.728. The minimum absolute atomic E-state index is 0.113. The van der Waals surface area contributed by atoms with Crippen LogP contribution in [-0.4, -0.2) is 98.7 Å². The van der Waals surface area contributed by atoms with E-state index >= 15 is 0 Å². The fourth-order valence-electron chi connectivity index (χ4n) is 3.55. The van der Waals surface area contributed by atoms with Crippen LogP contribution in [-0.2, 0) is 14.3 Å². The molecule has 32 heavy (non-hydrogen) atoms. The highest BCUT2D eigenvalue weighted by Crippen LogP contribution is 2.22. The third-order valence-electron chi connectivity index (χ3n) is 5.93. The number of carbonyl (C=O) groups excluding carboxylic acids is 1. The molecular weight excluding hydrogens is 422 g/mol. The summed E-state index contributed by atoms with van der Waals surface area (Å²) in [5.41, 5.74) is 0. The van der Waals surface area contributed by atoms with Crippen molar-refractivity contribution in [3.05, 3.63) is 0 Å². The summed E-state index contributed by atoms with van der Waals surface area (Å²) in [6, 6.07) is -0.843. The maximum absolute atomic E-state index is 12.5. The molecule has 7 N–H and O–H groups in total. The second-order valence-electron chi connectivity index (χ2n) is 9.35. The van der Waals surface area contributed by atoms with Gasteiger partial charge in [-0.15, -0.1) is 0 Å². The van der Waals surface area contributed by atoms with Crippen LogP contribution < -0.4 is 5.32 Å². The van der Waals surface area contributed by atoms with E-state index in [4.69, 9.17) is 9.47 Å².